The third-order valence-electron chi connectivity index (χ3n) is 3.79. The summed E-state index contributed by atoms with van der Waals surface area (Å²) in [6.45, 7) is 1.92. The SMILES string of the molecule is O=C(O)c1cc2ccccc2cc1OCC(=O)N1CCOCC1. The molecule has 1 heterocycles. The number of nitrogens with zero attached hydrogens (tertiary/aromatic N) is 1. The highest BCUT2D eigenvalue weighted by atomic mass is 16.5. The third-order valence-corrected chi connectivity index (χ3v) is 3.79. The van der Waals surface area contributed by atoms with E-state index >= 15 is 0 Å². The molecular weight excluding hydrogens is 298 g/mol. The summed E-state index contributed by atoms with van der Waals surface area (Å²) in [5, 5.41) is 11.0. The van der Waals surface area contributed by atoms with E-state index in [2.05, 4.69) is 0 Å². The predicted octanol–water partition coefficient (Wildman–Crippen LogP) is 1.78. The average molecular weight is 315 g/mol. The molecule has 0 spiro atoms. The zero-order valence-electron chi connectivity index (χ0n) is 12.5. The van der Waals surface area contributed by atoms with E-state index < -0.39 is 5.97 Å². The van der Waals surface area contributed by atoms with E-state index in [1.165, 1.54) is 0 Å². The molecule has 3 rings (SSSR count). The maximum atomic E-state index is 12.1. The quantitative estimate of drug-likeness (QED) is 0.930. The van der Waals surface area contributed by atoms with Gasteiger partial charge in [-0.3, -0.25) is 4.79 Å². The van der Waals surface area contributed by atoms with Gasteiger partial charge in [-0.05, 0) is 22.9 Å². The van der Waals surface area contributed by atoms with Crippen molar-refractivity contribution >= 4 is 22.6 Å². The van der Waals surface area contributed by atoms with Gasteiger partial charge in [0.05, 0.1) is 13.2 Å². The largest absolute Gasteiger partial charge is 0.483 e. The molecule has 0 atom stereocenters. The first-order valence-corrected chi connectivity index (χ1v) is 7.39. The van der Waals surface area contributed by atoms with Gasteiger partial charge in [0.1, 0.15) is 11.3 Å². The predicted molar refractivity (Wildman–Crippen MR) is 83.8 cm³/mol. The zero-order chi connectivity index (χ0) is 16.2. The van der Waals surface area contributed by atoms with Crippen molar-refractivity contribution in [2.24, 2.45) is 0 Å². The molecular formula is C17H17NO5. The number of carboxylic acids is 1. The molecule has 23 heavy (non-hydrogen) atoms. The minimum atomic E-state index is -1.08. The van der Waals surface area contributed by atoms with Gasteiger partial charge >= 0.3 is 5.97 Å². The molecule has 0 aromatic heterocycles. The molecule has 1 amide bonds. The number of hydrogen-bond acceptors (Lipinski definition) is 4. The Morgan fingerprint density at radius 2 is 1.78 bits per heavy atom. The van der Waals surface area contributed by atoms with Crippen LogP contribution in [0.15, 0.2) is 36.4 Å². The van der Waals surface area contributed by atoms with E-state index in [4.69, 9.17) is 9.47 Å². The van der Waals surface area contributed by atoms with E-state index in [0.29, 0.717) is 26.3 Å². The summed E-state index contributed by atoms with van der Waals surface area (Å²) in [6, 6.07) is 10.6. The molecule has 1 aliphatic heterocycles. The molecule has 2 aromatic carbocycles. The van der Waals surface area contributed by atoms with Crippen LogP contribution in [0.1, 0.15) is 10.4 Å². The highest BCUT2D eigenvalue weighted by Crippen LogP contribution is 2.26. The Balaban J connectivity index is 1.79. The van der Waals surface area contributed by atoms with Gasteiger partial charge < -0.3 is 19.5 Å². The Bertz CT molecular complexity index is 737. The molecule has 0 bridgehead atoms. The van der Waals surface area contributed by atoms with Gasteiger partial charge in [0, 0.05) is 13.1 Å². The summed E-state index contributed by atoms with van der Waals surface area (Å²) in [7, 11) is 0. The van der Waals surface area contributed by atoms with Crippen molar-refractivity contribution in [2.75, 3.05) is 32.9 Å². The summed E-state index contributed by atoms with van der Waals surface area (Å²) >= 11 is 0. The van der Waals surface area contributed by atoms with E-state index in [0.717, 1.165) is 10.8 Å². The van der Waals surface area contributed by atoms with E-state index in [1.807, 2.05) is 24.3 Å². The topological polar surface area (TPSA) is 76.1 Å². The summed E-state index contributed by atoms with van der Waals surface area (Å²) < 4.78 is 10.7. The molecule has 0 saturated carbocycles. The van der Waals surface area contributed by atoms with Crippen LogP contribution in [0.3, 0.4) is 0 Å². The van der Waals surface area contributed by atoms with Gasteiger partial charge in [-0.2, -0.15) is 0 Å². The van der Waals surface area contributed by atoms with Crippen LogP contribution in [0.5, 0.6) is 5.75 Å². The monoisotopic (exact) mass is 315 g/mol. The number of fused-ring (bicyclic) bond motifs is 1. The number of ether oxygens (including phenoxy) is 2. The number of aromatic carboxylic acids is 1. The first-order valence-electron chi connectivity index (χ1n) is 7.39. The molecule has 0 radical (unpaired) electrons. The Morgan fingerprint density at radius 3 is 2.43 bits per heavy atom. The van der Waals surface area contributed by atoms with Gasteiger partial charge in [0.25, 0.3) is 5.91 Å². The Kier molecular flexibility index (Phi) is 4.43. The number of carbonyl (C=O) groups is 2. The second-order valence-electron chi connectivity index (χ2n) is 5.28. The van der Waals surface area contributed by atoms with E-state index in [1.54, 1.807) is 17.0 Å². The molecule has 6 heteroatoms. The molecule has 1 aliphatic rings. The van der Waals surface area contributed by atoms with Crippen LogP contribution >= 0.6 is 0 Å². The fourth-order valence-electron chi connectivity index (χ4n) is 2.55. The Labute approximate surface area is 133 Å². The smallest absolute Gasteiger partial charge is 0.339 e. The summed E-state index contributed by atoms with van der Waals surface area (Å²) in [5.74, 6) is -1.04. The van der Waals surface area contributed by atoms with Crippen molar-refractivity contribution in [3.05, 3.63) is 42.0 Å². The Morgan fingerprint density at radius 1 is 1.13 bits per heavy atom. The summed E-state index contributed by atoms with van der Waals surface area (Å²) in [4.78, 5) is 25.2. The van der Waals surface area contributed by atoms with Crippen molar-refractivity contribution in [3.63, 3.8) is 0 Å². The molecule has 0 unspecified atom stereocenters. The van der Waals surface area contributed by atoms with Crippen LogP contribution in [0.25, 0.3) is 10.8 Å². The van der Waals surface area contributed by atoms with Gasteiger partial charge in [0.15, 0.2) is 6.61 Å². The number of carboxylic acid groups (broad SMARTS) is 1. The number of morpholine rings is 1. The number of amides is 1. The van der Waals surface area contributed by atoms with Crippen LogP contribution in [-0.4, -0.2) is 54.8 Å². The molecule has 1 saturated heterocycles. The van der Waals surface area contributed by atoms with E-state index in [9.17, 15) is 14.7 Å². The molecule has 6 nitrogen and oxygen atoms in total. The van der Waals surface area contributed by atoms with Gasteiger partial charge in [-0.15, -0.1) is 0 Å². The van der Waals surface area contributed by atoms with Crippen molar-refractivity contribution in [1.29, 1.82) is 0 Å². The standard InChI is InChI=1S/C17H17NO5/c19-16(18-5-7-22-8-6-18)11-23-15-10-13-4-2-1-3-12(13)9-14(15)17(20)21/h1-4,9-10H,5-8,11H2,(H,20,21). The maximum Gasteiger partial charge on any atom is 0.339 e. The van der Waals surface area contributed by atoms with E-state index in [-0.39, 0.29) is 23.8 Å². The third kappa shape index (κ3) is 3.43. The Hall–Kier alpha value is -2.60. The minimum absolute atomic E-state index is 0.0541. The lowest BCUT2D eigenvalue weighted by atomic mass is 10.1. The van der Waals surface area contributed by atoms with Crippen LogP contribution < -0.4 is 4.74 Å². The molecule has 2 aromatic rings. The number of benzene rings is 2. The number of hydrogen-bond donors (Lipinski definition) is 1. The van der Waals surface area contributed by atoms with Crippen molar-refractivity contribution in [3.8, 4) is 5.75 Å². The van der Waals surface area contributed by atoms with Gasteiger partial charge in [-0.25, -0.2) is 4.79 Å². The van der Waals surface area contributed by atoms with Crippen LogP contribution in [0.4, 0.5) is 0 Å². The highest BCUT2D eigenvalue weighted by Gasteiger charge is 2.19. The first-order chi connectivity index (χ1) is 11.1. The first kappa shape index (κ1) is 15.3. The highest BCUT2D eigenvalue weighted by molar-refractivity contribution is 5.97. The van der Waals surface area contributed by atoms with Crippen molar-refractivity contribution in [1.82, 2.24) is 4.90 Å². The summed E-state index contributed by atoms with van der Waals surface area (Å²) in [5.41, 5.74) is 0.0541. The van der Waals surface area contributed by atoms with Crippen molar-refractivity contribution < 1.29 is 24.2 Å². The molecule has 1 N–H and O–H groups in total. The molecule has 120 valence electrons. The maximum absolute atomic E-state index is 12.1. The van der Waals surface area contributed by atoms with Crippen LogP contribution in [0, 0.1) is 0 Å². The summed E-state index contributed by atoms with van der Waals surface area (Å²) in [6.07, 6.45) is 0. The second-order valence-corrected chi connectivity index (χ2v) is 5.28. The lowest BCUT2D eigenvalue weighted by Gasteiger charge is -2.26. The second kappa shape index (κ2) is 6.66. The molecule has 0 aliphatic carbocycles. The number of carbonyl (C=O) groups excluding carboxylic acids is 1. The van der Waals surface area contributed by atoms with Gasteiger partial charge in [0.2, 0.25) is 0 Å². The van der Waals surface area contributed by atoms with Crippen LogP contribution in [-0.2, 0) is 9.53 Å². The fraction of sp³-hybridized carbons (Fsp3) is 0.294. The lowest BCUT2D eigenvalue weighted by molar-refractivity contribution is -0.137. The van der Waals surface area contributed by atoms with Gasteiger partial charge in [-0.1, -0.05) is 24.3 Å². The zero-order valence-corrected chi connectivity index (χ0v) is 12.5. The lowest BCUT2D eigenvalue weighted by Crippen LogP contribution is -2.43. The normalized spacial score (nSPS) is 14.7. The minimum Gasteiger partial charge on any atom is -0.483 e. The fourth-order valence-corrected chi connectivity index (χ4v) is 2.55. The van der Waals surface area contributed by atoms with Crippen molar-refractivity contribution in [2.45, 2.75) is 0 Å². The molecule has 1 fully saturated rings. The van der Waals surface area contributed by atoms with Crippen LogP contribution in [0.2, 0.25) is 0 Å². The number of rotatable bonds is 4. The average Bonchev–Trinajstić information content (AvgIpc) is 2.59.